The second-order valence-electron chi connectivity index (χ2n) is 33.2. The van der Waals surface area contributed by atoms with Gasteiger partial charge in [-0.05, 0) is 262 Å². The van der Waals surface area contributed by atoms with Crippen LogP contribution in [0.25, 0.3) is 205 Å². The fourth-order valence-corrected chi connectivity index (χ4v) is 21.1. The first-order valence-corrected chi connectivity index (χ1v) is 44.5. The number of aromatic nitrogens is 3. The third-order valence-electron chi connectivity index (χ3n) is 25.7. The van der Waals surface area contributed by atoms with E-state index in [-0.39, 0.29) is 65.8 Å². The van der Waals surface area contributed by atoms with Gasteiger partial charge in [-0.25, -0.2) is 0 Å². The number of hydrogen-bond acceptors (Lipinski definition) is 2. The van der Waals surface area contributed by atoms with E-state index in [9.17, 15) is 28.8 Å². The predicted molar refractivity (Wildman–Crippen MR) is 559 cm³/mol. The van der Waals surface area contributed by atoms with Gasteiger partial charge in [0.05, 0.1) is 70.3 Å². The van der Waals surface area contributed by atoms with Crippen LogP contribution in [-0.4, -0.2) is 20.4 Å². The largest absolute Gasteiger partial charge is 0.310 e. The second-order valence-corrected chi connectivity index (χ2v) is 34.3. The molecule has 132 heavy (non-hydrogen) atoms. The van der Waals surface area contributed by atoms with Gasteiger partial charge in [0.25, 0.3) is 0 Å². The van der Waals surface area contributed by atoms with Crippen molar-refractivity contribution in [2.75, 3.05) is 4.90 Å². The maximum Gasteiger partial charge on any atom is 0.249 e. The Balaban J connectivity index is 0.875. The van der Waals surface area contributed by atoms with Crippen LogP contribution < -0.4 is 21.3 Å². The molecule has 0 N–H and O–H groups in total. The lowest BCUT2D eigenvalue weighted by molar-refractivity contribution is 1.14. The smallest absolute Gasteiger partial charge is 0.249 e. The van der Waals surface area contributed by atoms with Crippen molar-refractivity contribution in [2.24, 2.45) is 0 Å². The van der Waals surface area contributed by atoms with Gasteiger partial charge in [-0.3, -0.25) is 0 Å². The van der Waals surface area contributed by atoms with Gasteiger partial charge in [0, 0.05) is 81.7 Å². The van der Waals surface area contributed by atoms with Gasteiger partial charge in [0.2, 0.25) is 6.71 Å². The van der Waals surface area contributed by atoms with E-state index in [4.69, 9.17) is 2.74 Å². The normalized spacial score (nSPS) is 14.6. The first-order chi connectivity index (χ1) is 75.0. The molecule has 0 amide bonds. The van der Waals surface area contributed by atoms with Crippen molar-refractivity contribution in [3.8, 4) is 139 Å². The highest BCUT2D eigenvalue weighted by Gasteiger charge is 2.45. The summed E-state index contributed by atoms with van der Waals surface area (Å²) in [5, 5.41) is -1.80. The van der Waals surface area contributed by atoms with Crippen LogP contribution in [0.15, 0.2) is 501 Å². The molecule has 0 saturated carbocycles. The highest BCUT2D eigenvalue weighted by molar-refractivity contribution is 8.00. The lowest BCUT2D eigenvalue weighted by Crippen LogP contribution is -2.60. The Morgan fingerprint density at radius 1 is 0.212 bits per heavy atom. The Labute approximate surface area is 803 Å². The lowest BCUT2D eigenvalue weighted by atomic mass is 9.34. The Morgan fingerprint density at radius 3 is 0.962 bits per heavy atom. The maximum atomic E-state index is 11.0. The summed E-state index contributed by atoms with van der Waals surface area (Å²) >= 11 is 1.47. The van der Waals surface area contributed by atoms with Crippen molar-refractivity contribution in [2.45, 2.75) is 9.79 Å². The zero-order chi connectivity index (χ0) is 107. The minimum Gasteiger partial charge on any atom is -0.310 e. The van der Waals surface area contributed by atoms with Crippen LogP contribution in [0.3, 0.4) is 0 Å². The van der Waals surface area contributed by atoms with Gasteiger partial charge >= 0.3 is 0 Å². The summed E-state index contributed by atoms with van der Waals surface area (Å²) < 4.78 is 231. The Hall–Kier alpha value is -16.8. The van der Waals surface area contributed by atoms with E-state index < -0.39 is 162 Å². The number of benzene rings is 21. The van der Waals surface area contributed by atoms with Crippen LogP contribution >= 0.6 is 11.8 Å². The monoisotopic (exact) mass is 1720 g/mol. The summed E-state index contributed by atoms with van der Waals surface area (Å²) in [5.74, 6) is 0. The molecule has 0 fully saturated rings. The van der Waals surface area contributed by atoms with Gasteiger partial charge in [0.15, 0.2) is 0 Å². The molecule has 614 valence electrons. The number of hydrogen-bond donors (Lipinski definition) is 0. The molecule has 6 heteroatoms. The summed E-state index contributed by atoms with van der Waals surface area (Å²) in [4.78, 5) is 3.48. The molecule has 24 aromatic rings. The topological polar surface area (TPSA) is 18.0 Å². The van der Waals surface area contributed by atoms with Crippen molar-refractivity contribution < 1.29 is 31.5 Å². The number of para-hydroxylation sites is 5. The Kier molecular flexibility index (Phi) is 13.5. The molecule has 0 atom stereocenters. The van der Waals surface area contributed by atoms with Gasteiger partial charge in [0.1, 0.15) is 0 Å². The van der Waals surface area contributed by atoms with E-state index in [1.807, 2.05) is 212 Å². The second kappa shape index (κ2) is 31.6. The molecule has 0 spiro atoms. The van der Waals surface area contributed by atoms with E-state index >= 15 is 0 Å². The van der Waals surface area contributed by atoms with Crippen molar-refractivity contribution in [3.05, 3.63) is 491 Å². The molecular formula is C126H81BN4S. The number of fused-ring (bicyclic) bond motifs is 13. The van der Waals surface area contributed by atoms with Crippen molar-refractivity contribution >= 4 is 117 Å². The highest BCUT2D eigenvalue weighted by Crippen LogP contribution is 2.55. The standard InChI is InChI=1S/C126H81BN4S/c1-8-34-82(35-9-1)89-48-32-50-91(66-89)109-74-98(88-46-20-7-21-47-88)75-110(92-51-33-49-90(67-92)83-36-10-2-11-37-83)125(109)131-121-79-102(129-119-61-31-26-56-108(119)112-78-101(63-65-120(112)129)128-115-57-27-22-52-104(115)105-53-23-28-58-116(105)128)62-64-113(121)127-114-77-99(97-70-93(84-38-12-3-13-39-84)68-94(71-97)85-40-14-4-15-41-85)76-111(100-72-95(86-42-16-5-17-43-86)69-96(73-100)87-44-18-6-19-45-87)126(114)132-123-81-103(80-122(131)124(123)127)130-117-59-29-24-54-106(117)107-55-25-30-60-118(107)130/h1-81H/i22D,23D,24D,25D,26D,27D,28D,29D,30D,31D,52D,53D,54D,55D,56D,57D,58D,59D,60D,61D,63D,65D,78D. The fourth-order valence-electron chi connectivity index (χ4n) is 19.8. The first kappa shape index (κ1) is 56.4. The van der Waals surface area contributed by atoms with Gasteiger partial charge in [-0.15, -0.1) is 0 Å². The van der Waals surface area contributed by atoms with Crippen LogP contribution in [-0.2, 0) is 0 Å². The fraction of sp³-hybridized carbons (Fsp3) is 0. The van der Waals surface area contributed by atoms with E-state index in [1.54, 1.807) is 10.6 Å². The lowest BCUT2D eigenvalue weighted by Gasteiger charge is -2.42. The zero-order valence-electron chi connectivity index (χ0n) is 93.3. The molecular weight excluding hydrogens is 1610 g/mol. The average Bonchev–Trinajstić information content (AvgIpc) is 1.68. The summed E-state index contributed by atoms with van der Waals surface area (Å²) in [7, 11) is 0. The predicted octanol–water partition coefficient (Wildman–Crippen LogP) is 32.1. The molecule has 5 heterocycles. The molecule has 0 saturated heterocycles. The Morgan fingerprint density at radius 2 is 0.530 bits per heavy atom. The number of rotatable bonds is 15. The highest BCUT2D eigenvalue weighted by atomic mass is 32.2. The van der Waals surface area contributed by atoms with E-state index in [0.29, 0.717) is 55.1 Å². The maximum absolute atomic E-state index is 11.0. The number of nitrogens with zero attached hydrogens (tertiary/aromatic N) is 4. The summed E-state index contributed by atoms with van der Waals surface area (Å²) in [5.41, 5.74) is 19.3. The summed E-state index contributed by atoms with van der Waals surface area (Å²) in [6.07, 6.45) is 0. The van der Waals surface area contributed by atoms with Crippen molar-refractivity contribution in [1.82, 2.24) is 13.7 Å². The van der Waals surface area contributed by atoms with E-state index in [0.717, 1.165) is 115 Å². The third-order valence-corrected chi connectivity index (χ3v) is 26.9. The van der Waals surface area contributed by atoms with E-state index in [1.165, 1.54) is 16.3 Å². The van der Waals surface area contributed by atoms with Crippen LogP contribution in [0.4, 0.5) is 17.1 Å². The first-order valence-electron chi connectivity index (χ1n) is 55.1. The average molecular weight is 1720 g/mol. The molecule has 0 aliphatic carbocycles. The van der Waals surface area contributed by atoms with Crippen LogP contribution in [0.5, 0.6) is 0 Å². The van der Waals surface area contributed by atoms with Crippen LogP contribution in [0, 0.1) is 0 Å². The molecule has 0 radical (unpaired) electrons. The van der Waals surface area contributed by atoms with E-state index in [2.05, 4.69) is 138 Å². The molecule has 0 bridgehead atoms. The molecule has 4 nitrogen and oxygen atoms in total. The zero-order valence-corrected chi connectivity index (χ0v) is 71.1. The van der Waals surface area contributed by atoms with Crippen molar-refractivity contribution in [3.63, 3.8) is 0 Å². The molecule has 3 aromatic heterocycles. The number of anilines is 3. The van der Waals surface area contributed by atoms with Crippen molar-refractivity contribution in [1.29, 1.82) is 0 Å². The quantitative estimate of drug-likeness (QED) is 0.0952. The molecule has 21 aromatic carbocycles. The molecule has 2 aliphatic heterocycles. The Bertz CT molecular complexity index is 9850. The summed E-state index contributed by atoms with van der Waals surface area (Å²) in [6, 6.07) is 103. The minimum atomic E-state index is -0.981. The molecule has 0 unspecified atom stereocenters. The SMILES string of the molecule is [2H]c1c([2H])c([2H])c2c(c1[2H])c1c([2H])c([2H])c([2H])c([2H])c1n2-c1cc2c3c(c1)N(c1c(-c4cccc(-c5ccccc5)c4)cc(-c4ccccc4)cc1-c1cccc(-c4ccccc4)c1)c1cc(-n4c5c([2H])c([2H])c([2H])c([2H])c5c5c([2H])c(-n6c7c([2H])c([2H])c([2H])c([2H])c7c7c([2H])c([2H])c([2H])c([2H])c76)c([2H])c([2H])c54)ccc1B3c1cc(-c3cc(-c4ccccc4)cc(-c4ccccc4)c3)cc(-c3cc(-c4ccccc4)cc(-c4ccccc4)c3)c1S2. The van der Waals surface area contributed by atoms with Crippen LogP contribution in [0.2, 0.25) is 0 Å². The third kappa shape index (κ3) is 12.9. The van der Waals surface area contributed by atoms with Gasteiger partial charge in [-0.2, -0.15) is 0 Å². The van der Waals surface area contributed by atoms with Crippen LogP contribution in [0.1, 0.15) is 31.5 Å². The summed E-state index contributed by atoms with van der Waals surface area (Å²) in [6.45, 7) is -0.981. The van der Waals surface area contributed by atoms with Gasteiger partial charge in [-0.1, -0.05) is 369 Å². The van der Waals surface area contributed by atoms with Gasteiger partial charge < -0.3 is 18.6 Å². The molecule has 26 rings (SSSR count). The minimum absolute atomic E-state index is 0.0754. The molecule has 2 aliphatic rings.